The lowest BCUT2D eigenvalue weighted by Crippen LogP contribution is -2.45. The topological polar surface area (TPSA) is 139 Å². The molecule has 0 aliphatic carbocycles. The zero-order valence-corrected chi connectivity index (χ0v) is 33.8. The Kier molecular flexibility index (Phi) is 18.1. The molecular formula is C47H59N3O7. The highest BCUT2D eigenvalue weighted by Crippen LogP contribution is 2.28. The molecule has 0 aromatic heterocycles. The van der Waals surface area contributed by atoms with Gasteiger partial charge in [-0.05, 0) is 117 Å². The summed E-state index contributed by atoms with van der Waals surface area (Å²) in [4.78, 5) is 49.7. The Hall–Kier alpha value is -5.16. The van der Waals surface area contributed by atoms with Gasteiger partial charge in [0.1, 0.15) is 18.1 Å². The molecule has 2 aliphatic heterocycles. The van der Waals surface area contributed by atoms with E-state index in [-0.39, 0.29) is 30.6 Å². The number of carbonyl (C=O) groups is 4. The zero-order valence-electron chi connectivity index (χ0n) is 33.8. The van der Waals surface area contributed by atoms with Gasteiger partial charge in [-0.2, -0.15) is 0 Å². The lowest BCUT2D eigenvalue weighted by molar-refractivity contribution is -0.139. The summed E-state index contributed by atoms with van der Waals surface area (Å²) < 4.78 is 10.5. The Morgan fingerprint density at radius 3 is 1.49 bits per heavy atom. The molecule has 0 radical (unpaired) electrons. The van der Waals surface area contributed by atoms with Crippen molar-refractivity contribution in [3.63, 3.8) is 0 Å². The van der Waals surface area contributed by atoms with E-state index in [1.54, 1.807) is 48.5 Å². The fourth-order valence-electron chi connectivity index (χ4n) is 7.04. The van der Waals surface area contributed by atoms with Crippen molar-refractivity contribution in [2.75, 3.05) is 39.4 Å². The Balaban J connectivity index is 0.000000209. The maximum atomic E-state index is 12.4. The van der Waals surface area contributed by atoms with Gasteiger partial charge < -0.3 is 20.3 Å². The summed E-state index contributed by atoms with van der Waals surface area (Å²) in [5.41, 5.74) is 9.98. The van der Waals surface area contributed by atoms with E-state index in [0.29, 0.717) is 52.8 Å². The van der Waals surface area contributed by atoms with Crippen molar-refractivity contribution in [1.29, 1.82) is 0 Å². The summed E-state index contributed by atoms with van der Waals surface area (Å²) in [7, 11) is 0. The van der Waals surface area contributed by atoms with Crippen LogP contribution in [0.15, 0.2) is 109 Å². The molecule has 57 heavy (non-hydrogen) atoms. The minimum atomic E-state index is -1.03. The highest BCUT2D eigenvalue weighted by molar-refractivity contribution is 5.94. The highest BCUT2D eigenvalue weighted by atomic mass is 16.5. The Bertz CT molecular complexity index is 1830. The number of ether oxygens (including phenoxy) is 2. The molecule has 0 spiro atoms. The molecule has 2 saturated heterocycles. The van der Waals surface area contributed by atoms with Crippen molar-refractivity contribution in [2.45, 2.75) is 66.1 Å². The first-order chi connectivity index (χ1) is 27.4. The summed E-state index contributed by atoms with van der Waals surface area (Å²) in [5.74, 6) is 1.72. The number of benzene rings is 4. The number of hydrogen-bond donors (Lipinski definition) is 2. The summed E-state index contributed by atoms with van der Waals surface area (Å²) in [6.07, 6.45) is 2.76. The van der Waals surface area contributed by atoms with Crippen molar-refractivity contribution in [2.24, 2.45) is 23.5 Å². The minimum Gasteiger partial charge on any atom is -0.486 e. The first-order valence-electron chi connectivity index (χ1n) is 19.9. The molecule has 10 nitrogen and oxygen atoms in total. The van der Waals surface area contributed by atoms with Crippen LogP contribution < -0.4 is 15.2 Å². The van der Waals surface area contributed by atoms with Gasteiger partial charge >= 0.3 is 5.97 Å². The maximum Gasteiger partial charge on any atom is 0.341 e. The van der Waals surface area contributed by atoms with Crippen LogP contribution in [0.3, 0.4) is 0 Å². The van der Waals surface area contributed by atoms with Crippen LogP contribution in [0.2, 0.25) is 0 Å². The SMILES string of the molecule is CC(=O)c1ccc(OCC(=O)CC2CCN(Cc3ccccc3)CC2C)cc1.CC(=O)c1ccc(OCC(=O)O)cc1.CC1CN(Cc2ccccc2)CCC1N. The third-order valence-corrected chi connectivity index (χ3v) is 10.5. The van der Waals surface area contributed by atoms with E-state index in [9.17, 15) is 19.2 Å². The molecule has 2 heterocycles. The lowest BCUT2D eigenvalue weighted by atomic mass is 9.83. The smallest absolute Gasteiger partial charge is 0.341 e. The average molecular weight is 778 g/mol. The van der Waals surface area contributed by atoms with E-state index < -0.39 is 5.97 Å². The number of carboxylic acid groups (broad SMARTS) is 1. The standard InChI is InChI=1S/C24H29NO3.C13H20N2.C10H10O4/c1-18-15-25(16-20-6-4-3-5-7-20)13-12-22(18)14-23(27)17-28-24-10-8-21(9-11-24)19(2)26;1-11-9-15(8-7-13(11)14)10-12-5-3-2-4-6-12;1-7(11)8-2-4-9(5-3-8)14-6-10(12)13/h3-11,18,22H,12-17H2,1-2H3;2-6,11,13H,7-10,14H2,1H3;2-5H,6H2,1H3,(H,12,13). The van der Waals surface area contributed by atoms with Crippen molar-refractivity contribution in [3.8, 4) is 11.5 Å². The van der Waals surface area contributed by atoms with Gasteiger partial charge in [0.15, 0.2) is 24.0 Å². The Labute approximate surface area is 338 Å². The predicted octanol–water partition coefficient (Wildman–Crippen LogP) is 7.59. The average Bonchev–Trinajstić information content (AvgIpc) is 3.20. The number of nitrogens with two attached hydrogens (primary N) is 1. The molecule has 2 aliphatic rings. The zero-order chi connectivity index (χ0) is 41.2. The van der Waals surface area contributed by atoms with Gasteiger partial charge in [-0.25, -0.2) is 4.79 Å². The summed E-state index contributed by atoms with van der Waals surface area (Å²) >= 11 is 0. The van der Waals surface area contributed by atoms with Gasteiger partial charge in [0.25, 0.3) is 0 Å². The van der Waals surface area contributed by atoms with Crippen LogP contribution in [-0.2, 0) is 22.7 Å². The summed E-state index contributed by atoms with van der Waals surface area (Å²) in [5, 5.41) is 8.34. The van der Waals surface area contributed by atoms with Crippen LogP contribution >= 0.6 is 0 Å². The summed E-state index contributed by atoms with van der Waals surface area (Å²) in [6, 6.07) is 34.9. The molecule has 3 N–H and O–H groups in total. The van der Waals surface area contributed by atoms with Crippen molar-refractivity contribution in [3.05, 3.63) is 131 Å². The number of piperidine rings is 2. The van der Waals surface area contributed by atoms with E-state index >= 15 is 0 Å². The van der Waals surface area contributed by atoms with Crippen LogP contribution in [0.25, 0.3) is 0 Å². The Morgan fingerprint density at radius 2 is 1.07 bits per heavy atom. The quantitative estimate of drug-likeness (QED) is 0.123. The molecule has 10 heteroatoms. The van der Waals surface area contributed by atoms with E-state index in [1.807, 2.05) is 6.07 Å². The van der Waals surface area contributed by atoms with Crippen LogP contribution in [0.1, 0.15) is 78.8 Å². The number of carbonyl (C=O) groups excluding carboxylic acids is 3. The molecule has 6 rings (SSSR count). The van der Waals surface area contributed by atoms with Gasteiger partial charge in [-0.3, -0.25) is 24.2 Å². The van der Waals surface area contributed by atoms with Gasteiger partial charge in [-0.15, -0.1) is 0 Å². The number of aliphatic carboxylic acids is 1. The molecule has 0 saturated carbocycles. The molecule has 0 amide bonds. The first-order valence-corrected chi connectivity index (χ1v) is 19.9. The molecule has 4 atom stereocenters. The normalized spacial score (nSPS) is 19.5. The second-order valence-electron chi connectivity index (χ2n) is 15.3. The van der Waals surface area contributed by atoms with Crippen molar-refractivity contribution < 1.29 is 33.8 Å². The second-order valence-corrected chi connectivity index (χ2v) is 15.3. The summed E-state index contributed by atoms with van der Waals surface area (Å²) in [6.45, 7) is 13.6. The molecular weight excluding hydrogens is 719 g/mol. The molecule has 0 bridgehead atoms. The van der Waals surface area contributed by atoms with Crippen molar-refractivity contribution in [1.82, 2.24) is 9.80 Å². The van der Waals surface area contributed by atoms with E-state index in [0.717, 1.165) is 52.1 Å². The third-order valence-electron chi connectivity index (χ3n) is 10.5. The van der Waals surface area contributed by atoms with Crippen LogP contribution in [-0.4, -0.2) is 83.7 Å². The lowest BCUT2D eigenvalue weighted by Gasteiger charge is -2.36. The van der Waals surface area contributed by atoms with Gasteiger partial charge in [0, 0.05) is 49.8 Å². The monoisotopic (exact) mass is 777 g/mol. The van der Waals surface area contributed by atoms with Gasteiger partial charge in [0.05, 0.1) is 0 Å². The molecule has 4 aromatic rings. The fraction of sp³-hybridized carbons (Fsp3) is 0.404. The minimum absolute atomic E-state index is 0.0234. The number of likely N-dealkylation sites (tertiary alicyclic amines) is 2. The molecule has 4 aromatic carbocycles. The number of rotatable bonds is 14. The molecule has 304 valence electrons. The molecule has 2 fully saturated rings. The number of nitrogens with zero attached hydrogens (tertiary/aromatic N) is 2. The Morgan fingerprint density at radius 1 is 0.632 bits per heavy atom. The third kappa shape index (κ3) is 16.1. The molecule has 4 unspecified atom stereocenters. The van der Waals surface area contributed by atoms with Gasteiger partial charge in [0.2, 0.25) is 0 Å². The van der Waals surface area contributed by atoms with Crippen LogP contribution in [0.4, 0.5) is 0 Å². The van der Waals surface area contributed by atoms with Crippen LogP contribution in [0, 0.1) is 17.8 Å². The largest absolute Gasteiger partial charge is 0.486 e. The second kappa shape index (κ2) is 23.2. The highest BCUT2D eigenvalue weighted by Gasteiger charge is 2.28. The van der Waals surface area contributed by atoms with Crippen molar-refractivity contribution >= 4 is 23.3 Å². The van der Waals surface area contributed by atoms with E-state index in [1.165, 1.54) is 25.0 Å². The van der Waals surface area contributed by atoms with E-state index in [4.69, 9.17) is 20.3 Å². The maximum absolute atomic E-state index is 12.4. The number of ketones is 3. The number of carboxylic acids is 1. The number of Topliss-reactive ketones (excluding diaryl/α,β-unsaturated/α-hetero) is 3. The number of hydrogen-bond acceptors (Lipinski definition) is 9. The van der Waals surface area contributed by atoms with E-state index in [2.05, 4.69) is 78.2 Å². The van der Waals surface area contributed by atoms with Crippen LogP contribution in [0.5, 0.6) is 11.5 Å². The van der Waals surface area contributed by atoms with Gasteiger partial charge in [-0.1, -0.05) is 74.5 Å². The fourth-order valence-corrected chi connectivity index (χ4v) is 7.04. The first kappa shape index (κ1) is 44.6. The predicted molar refractivity (Wildman–Crippen MR) is 224 cm³/mol.